The van der Waals surface area contributed by atoms with Crippen molar-refractivity contribution in [3.63, 3.8) is 0 Å². The molecule has 0 aliphatic rings. The zero-order chi connectivity index (χ0) is 13.8. The molecule has 1 aromatic carbocycles. The van der Waals surface area contributed by atoms with Gasteiger partial charge in [-0.25, -0.2) is 4.39 Å². The van der Waals surface area contributed by atoms with E-state index in [1.54, 1.807) is 12.3 Å². The summed E-state index contributed by atoms with van der Waals surface area (Å²) in [6, 6.07) is 7.10. The van der Waals surface area contributed by atoms with E-state index in [0.29, 0.717) is 0 Å². The number of benzene rings is 1. The standard InChI is InChI=1S/C14H13FN2O2/c1-9-3-2-6-16-13(9)8-17-14(19)11-5-4-10(18)7-12(11)15/h2-7,18H,8H2,1H3,(H,17,19). The van der Waals surface area contributed by atoms with Gasteiger partial charge in [-0.3, -0.25) is 9.78 Å². The Morgan fingerprint density at radius 3 is 2.89 bits per heavy atom. The number of phenols is 1. The number of pyridine rings is 1. The number of hydrogen-bond acceptors (Lipinski definition) is 3. The highest BCUT2D eigenvalue weighted by Gasteiger charge is 2.12. The van der Waals surface area contributed by atoms with E-state index in [0.717, 1.165) is 17.3 Å². The minimum Gasteiger partial charge on any atom is -0.508 e. The topological polar surface area (TPSA) is 62.2 Å². The molecule has 5 heteroatoms. The summed E-state index contributed by atoms with van der Waals surface area (Å²) < 4.78 is 13.5. The highest BCUT2D eigenvalue weighted by atomic mass is 19.1. The SMILES string of the molecule is Cc1cccnc1CNC(=O)c1ccc(O)cc1F. The number of carbonyl (C=O) groups excluding carboxylic acids is 1. The maximum absolute atomic E-state index is 13.5. The number of phenolic OH excluding ortho intramolecular Hbond substituents is 1. The van der Waals surface area contributed by atoms with E-state index < -0.39 is 11.7 Å². The van der Waals surface area contributed by atoms with Crippen LogP contribution in [0.4, 0.5) is 4.39 Å². The van der Waals surface area contributed by atoms with E-state index >= 15 is 0 Å². The van der Waals surface area contributed by atoms with Gasteiger partial charge in [0.1, 0.15) is 11.6 Å². The predicted molar refractivity (Wildman–Crippen MR) is 68.2 cm³/mol. The number of nitrogens with zero attached hydrogens (tertiary/aromatic N) is 1. The summed E-state index contributed by atoms with van der Waals surface area (Å²) in [5, 5.41) is 11.7. The van der Waals surface area contributed by atoms with Crippen molar-refractivity contribution in [3.8, 4) is 5.75 Å². The second kappa shape index (κ2) is 5.48. The largest absolute Gasteiger partial charge is 0.508 e. The first-order chi connectivity index (χ1) is 9.08. The summed E-state index contributed by atoms with van der Waals surface area (Å²) in [6.45, 7) is 2.11. The van der Waals surface area contributed by atoms with Gasteiger partial charge in [-0.1, -0.05) is 6.07 Å². The molecule has 19 heavy (non-hydrogen) atoms. The molecular formula is C14H13FN2O2. The molecule has 0 spiro atoms. The smallest absolute Gasteiger partial charge is 0.254 e. The van der Waals surface area contributed by atoms with Gasteiger partial charge in [0.05, 0.1) is 17.8 Å². The monoisotopic (exact) mass is 260 g/mol. The molecule has 2 aromatic rings. The van der Waals surface area contributed by atoms with Crippen molar-refractivity contribution in [3.05, 3.63) is 59.2 Å². The molecule has 1 aromatic heterocycles. The molecule has 0 aliphatic carbocycles. The Hall–Kier alpha value is -2.43. The molecule has 0 aliphatic heterocycles. The Morgan fingerprint density at radius 2 is 2.21 bits per heavy atom. The fraction of sp³-hybridized carbons (Fsp3) is 0.143. The fourth-order valence-corrected chi connectivity index (χ4v) is 1.65. The number of aryl methyl sites for hydroxylation is 1. The first-order valence-electron chi connectivity index (χ1n) is 5.75. The van der Waals surface area contributed by atoms with Crippen LogP contribution >= 0.6 is 0 Å². The zero-order valence-corrected chi connectivity index (χ0v) is 10.4. The van der Waals surface area contributed by atoms with Gasteiger partial charge in [0.15, 0.2) is 0 Å². The number of halogens is 1. The fourth-order valence-electron chi connectivity index (χ4n) is 1.65. The molecular weight excluding hydrogens is 247 g/mol. The molecule has 0 unspecified atom stereocenters. The lowest BCUT2D eigenvalue weighted by atomic mass is 10.1. The Labute approximate surface area is 109 Å². The quantitative estimate of drug-likeness (QED) is 0.889. The van der Waals surface area contributed by atoms with Crippen molar-refractivity contribution in [2.75, 3.05) is 0 Å². The molecule has 2 N–H and O–H groups in total. The predicted octanol–water partition coefficient (Wildman–Crippen LogP) is 2.16. The number of rotatable bonds is 3. The summed E-state index contributed by atoms with van der Waals surface area (Å²) >= 11 is 0. The highest BCUT2D eigenvalue weighted by Crippen LogP contribution is 2.15. The van der Waals surface area contributed by atoms with Gasteiger partial charge in [0.25, 0.3) is 5.91 Å². The van der Waals surface area contributed by atoms with Crippen LogP contribution in [0.3, 0.4) is 0 Å². The van der Waals surface area contributed by atoms with Crippen LogP contribution in [0.2, 0.25) is 0 Å². The number of amides is 1. The Morgan fingerprint density at radius 1 is 1.42 bits per heavy atom. The Bertz CT molecular complexity index is 614. The minimum atomic E-state index is -0.754. The number of nitrogens with one attached hydrogen (secondary N) is 1. The van der Waals surface area contributed by atoms with Crippen LogP contribution in [0.1, 0.15) is 21.6 Å². The average Bonchev–Trinajstić information content (AvgIpc) is 2.37. The van der Waals surface area contributed by atoms with Gasteiger partial charge in [0.2, 0.25) is 0 Å². The number of aromatic nitrogens is 1. The molecule has 0 atom stereocenters. The van der Waals surface area contributed by atoms with Crippen molar-refractivity contribution in [1.82, 2.24) is 10.3 Å². The van der Waals surface area contributed by atoms with E-state index in [-0.39, 0.29) is 17.9 Å². The first kappa shape index (κ1) is 13.0. The summed E-state index contributed by atoms with van der Waals surface area (Å²) in [5.74, 6) is -1.51. The van der Waals surface area contributed by atoms with Crippen molar-refractivity contribution in [2.24, 2.45) is 0 Å². The molecule has 0 saturated heterocycles. The lowest BCUT2D eigenvalue weighted by Gasteiger charge is -2.07. The van der Waals surface area contributed by atoms with Gasteiger partial charge in [-0.15, -0.1) is 0 Å². The zero-order valence-electron chi connectivity index (χ0n) is 10.4. The molecule has 0 fully saturated rings. The van der Waals surface area contributed by atoms with Crippen LogP contribution in [-0.4, -0.2) is 16.0 Å². The molecule has 0 saturated carbocycles. The first-order valence-corrected chi connectivity index (χ1v) is 5.75. The van der Waals surface area contributed by atoms with Crippen LogP contribution in [0.15, 0.2) is 36.5 Å². The van der Waals surface area contributed by atoms with Crippen molar-refractivity contribution in [2.45, 2.75) is 13.5 Å². The van der Waals surface area contributed by atoms with Gasteiger partial charge in [-0.05, 0) is 30.7 Å². The van der Waals surface area contributed by atoms with Gasteiger partial charge >= 0.3 is 0 Å². The third-order valence-corrected chi connectivity index (χ3v) is 2.73. The normalized spacial score (nSPS) is 10.2. The van der Waals surface area contributed by atoms with Gasteiger partial charge < -0.3 is 10.4 Å². The summed E-state index contributed by atoms with van der Waals surface area (Å²) in [6.07, 6.45) is 1.63. The van der Waals surface area contributed by atoms with E-state index in [1.807, 2.05) is 13.0 Å². The van der Waals surface area contributed by atoms with E-state index in [2.05, 4.69) is 10.3 Å². The van der Waals surface area contributed by atoms with E-state index in [4.69, 9.17) is 5.11 Å². The second-order valence-corrected chi connectivity index (χ2v) is 4.11. The third-order valence-electron chi connectivity index (χ3n) is 2.73. The number of carbonyl (C=O) groups is 1. The van der Waals surface area contributed by atoms with Crippen molar-refractivity contribution in [1.29, 1.82) is 0 Å². The molecule has 2 rings (SSSR count). The molecule has 0 bridgehead atoms. The average molecular weight is 260 g/mol. The molecule has 0 radical (unpaired) electrons. The van der Waals surface area contributed by atoms with Gasteiger partial charge in [0, 0.05) is 12.3 Å². The van der Waals surface area contributed by atoms with Crippen LogP contribution in [0, 0.1) is 12.7 Å². The minimum absolute atomic E-state index is 0.105. The molecule has 4 nitrogen and oxygen atoms in total. The Balaban J connectivity index is 2.08. The molecule has 98 valence electrons. The van der Waals surface area contributed by atoms with Crippen LogP contribution in [-0.2, 0) is 6.54 Å². The van der Waals surface area contributed by atoms with Crippen molar-refractivity contribution >= 4 is 5.91 Å². The van der Waals surface area contributed by atoms with Crippen LogP contribution in [0.25, 0.3) is 0 Å². The Kier molecular flexibility index (Phi) is 3.75. The maximum atomic E-state index is 13.5. The summed E-state index contributed by atoms with van der Waals surface area (Å²) in [4.78, 5) is 15.9. The van der Waals surface area contributed by atoms with Crippen molar-refractivity contribution < 1.29 is 14.3 Å². The molecule has 1 heterocycles. The lowest BCUT2D eigenvalue weighted by Crippen LogP contribution is -2.24. The van der Waals surface area contributed by atoms with Crippen LogP contribution in [0.5, 0.6) is 5.75 Å². The van der Waals surface area contributed by atoms with E-state index in [1.165, 1.54) is 12.1 Å². The third kappa shape index (κ3) is 3.07. The lowest BCUT2D eigenvalue weighted by molar-refractivity contribution is 0.0946. The molecule has 1 amide bonds. The summed E-state index contributed by atoms with van der Waals surface area (Å²) in [7, 11) is 0. The summed E-state index contributed by atoms with van der Waals surface area (Å²) in [5.41, 5.74) is 1.58. The highest BCUT2D eigenvalue weighted by molar-refractivity contribution is 5.94. The van der Waals surface area contributed by atoms with Crippen LogP contribution < -0.4 is 5.32 Å². The number of hydrogen-bond donors (Lipinski definition) is 2. The number of aromatic hydroxyl groups is 1. The maximum Gasteiger partial charge on any atom is 0.254 e. The van der Waals surface area contributed by atoms with E-state index in [9.17, 15) is 9.18 Å². The second-order valence-electron chi connectivity index (χ2n) is 4.11. The van der Waals surface area contributed by atoms with Gasteiger partial charge in [-0.2, -0.15) is 0 Å².